The van der Waals surface area contributed by atoms with Gasteiger partial charge in [-0.1, -0.05) is 66.2 Å². The highest BCUT2D eigenvalue weighted by Gasteiger charge is 2.18. The van der Waals surface area contributed by atoms with Crippen molar-refractivity contribution in [2.75, 3.05) is 13.2 Å². The Balaban J connectivity index is 1.62. The van der Waals surface area contributed by atoms with Crippen LogP contribution in [0.5, 0.6) is 5.75 Å². The number of carbonyl (C=O) groups excluding carboxylic acids is 2. The fraction of sp³-hybridized carbons (Fsp3) is 0.0909. The monoisotopic (exact) mass is 380 g/mol. The van der Waals surface area contributed by atoms with Gasteiger partial charge in [0.2, 0.25) is 0 Å². The van der Waals surface area contributed by atoms with Crippen LogP contribution in [0.2, 0.25) is 5.02 Å². The standard InChI is InChI=1S/C22H17ClO4/c23-17-9-6-10-18(15-17)26-13-14-27-22(25)20-12-5-4-11-19(20)21(24)16-7-2-1-3-8-16/h1-12,15H,13-14H2. The van der Waals surface area contributed by atoms with Crippen molar-refractivity contribution in [2.45, 2.75) is 0 Å². The first kappa shape index (κ1) is 18.7. The van der Waals surface area contributed by atoms with Crippen LogP contribution in [0.1, 0.15) is 26.3 Å². The molecule has 0 saturated heterocycles. The second-order valence-corrected chi connectivity index (χ2v) is 6.12. The zero-order valence-corrected chi connectivity index (χ0v) is 15.2. The van der Waals surface area contributed by atoms with Gasteiger partial charge in [0.05, 0.1) is 5.56 Å². The van der Waals surface area contributed by atoms with Crippen molar-refractivity contribution in [2.24, 2.45) is 0 Å². The summed E-state index contributed by atoms with van der Waals surface area (Å²) in [5.41, 5.74) is 1.06. The van der Waals surface area contributed by atoms with Crippen LogP contribution < -0.4 is 4.74 Å². The maximum atomic E-state index is 12.7. The molecule has 0 spiro atoms. The predicted molar refractivity (Wildman–Crippen MR) is 104 cm³/mol. The van der Waals surface area contributed by atoms with E-state index in [0.29, 0.717) is 21.9 Å². The summed E-state index contributed by atoms with van der Waals surface area (Å²) in [7, 11) is 0. The van der Waals surface area contributed by atoms with Gasteiger partial charge in [0.25, 0.3) is 0 Å². The number of benzene rings is 3. The second-order valence-electron chi connectivity index (χ2n) is 5.68. The van der Waals surface area contributed by atoms with Gasteiger partial charge in [0.1, 0.15) is 19.0 Å². The lowest BCUT2D eigenvalue weighted by atomic mass is 9.98. The quantitative estimate of drug-likeness (QED) is 0.335. The molecule has 0 aliphatic heterocycles. The third-order valence-electron chi connectivity index (χ3n) is 3.81. The summed E-state index contributed by atoms with van der Waals surface area (Å²) in [4.78, 5) is 25.1. The van der Waals surface area contributed by atoms with Gasteiger partial charge in [-0.05, 0) is 24.3 Å². The fourth-order valence-electron chi connectivity index (χ4n) is 2.53. The summed E-state index contributed by atoms with van der Waals surface area (Å²) < 4.78 is 10.7. The number of carbonyl (C=O) groups is 2. The molecule has 0 N–H and O–H groups in total. The number of halogens is 1. The Hall–Kier alpha value is -3.11. The van der Waals surface area contributed by atoms with Crippen molar-refractivity contribution in [3.05, 3.63) is 101 Å². The molecule has 3 aromatic rings. The van der Waals surface area contributed by atoms with Crippen molar-refractivity contribution in [3.8, 4) is 5.75 Å². The number of ether oxygens (including phenoxy) is 2. The SMILES string of the molecule is O=C(OCCOc1cccc(Cl)c1)c1ccccc1C(=O)c1ccccc1. The van der Waals surface area contributed by atoms with E-state index in [9.17, 15) is 9.59 Å². The first-order valence-corrected chi connectivity index (χ1v) is 8.77. The Morgan fingerprint density at radius 1 is 0.778 bits per heavy atom. The lowest BCUT2D eigenvalue weighted by Crippen LogP contribution is -2.16. The highest BCUT2D eigenvalue weighted by molar-refractivity contribution is 6.30. The molecule has 0 amide bonds. The third-order valence-corrected chi connectivity index (χ3v) is 4.04. The molecule has 3 rings (SSSR count). The number of ketones is 1. The molecular weight excluding hydrogens is 364 g/mol. The molecular formula is C22H17ClO4. The highest BCUT2D eigenvalue weighted by atomic mass is 35.5. The van der Waals surface area contributed by atoms with Crippen molar-refractivity contribution in [3.63, 3.8) is 0 Å². The van der Waals surface area contributed by atoms with Gasteiger partial charge in [-0.3, -0.25) is 4.79 Å². The summed E-state index contributed by atoms with van der Waals surface area (Å²) in [6.45, 7) is 0.236. The maximum Gasteiger partial charge on any atom is 0.339 e. The van der Waals surface area contributed by atoms with Crippen LogP contribution in [-0.4, -0.2) is 25.0 Å². The molecule has 0 atom stereocenters. The van der Waals surface area contributed by atoms with Crippen LogP contribution in [0.3, 0.4) is 0 Å². The number of hydrogen-bond acceptors (Lipinski definition) is 4. The minimum Gasteiger partial charge on any atom is -0.490 e. The molecule has 0 saturated carbocycles. The van der Waals surface area contributed by atoms with Gasteiger partial charge in [0, 0.05) is 16.1 Å². The van der Waals surface area contributed by atoms with E-state index in [-0.39, 0.29) is 24.6 Å². The van der Waals surface area contributed by atoms with Crippen LogP contribution in [0.15, 0.2) is 78.9 Å². The highest BCUT2D eigenvalue weighted by Crippen LogP contribution is 2.18. The number of rotatable bonds is 7. The van der Waals surface area contributed by atoms with Crippen molar-refractivity contribution >= 4 is 23.4 Å². The molecule has 136 valence electrons. The molecule has 0 fully saturated rings. The van der Waals surface area contributed by atoms with Crippen LogP contribution >= 0.6 is 11.6 Å². The minimum atomic E-state index is -0.565. The Morgan fingerprint density at radius 2 is 1.48 bits per heavy atom. The van der Waals surface area contributed by atoms with E-state index in [1.165, 1.54) is 0 Å². The van der Waals surface area contributed by atoms with E-state index in [0.717, 1.165) is 0 Å². The topological polar surface area (TPSA) is 52.6 Å². The van der Waals surface area contributed by atoms with Gasteiger partial charge < -0.3 is 9.47 Å². The first-order valence-electron chi connectivity index (χ1n) is 8.39. The van der Waals surface area contributed by atoms with Crippen LogP contribution in [0, 0.1) is 0 Å². The Kier molecular flexibility index (Phi) is 6.23. The van der Waals surface area contributed by atoms with Crippen LogP contribution in [0.4, 0.5) is 0 Å². The first-order chi connectivity index (χ1) is 13.1. The summed E-state index contributed by atoms with van der Waals surface area (Å²) in [6, 6.07) is 22.4. The molecule has 27 heavy (non-hydrogen) atoms. The summed E-state index contributed by atoms with van der Waals surface area (Å²) >= 11 is 5.89. The van der Waals surface area contributed by atoms with E-state index in [1.54, 1.807) is 72.8 Å². The molecule has 4 nitrogen and oxygen atoms in total. The molecule has 5 heteroatoms. The zero-order chi connectivity index (χ0) is 19.1. The lowest BCUT2D eigenvalue weighted by Gasteiger charge is -2.10. The van der Waals surface area contributed by atoms with Gasteiger partial charge in [-0.15, -0.1) is 0 Å². The summed E-state index contributed by atoms with van der Waals surface area (Å²) in [5.74, 6) is -0.193. The average Bonchev–Trinajstić information content (AvgIpc) is 2.71. The van der Waals surface area contributed by atoms with Gasteiger partial charge >= 0.3 is 5.97 Å². The van der Waals surface area contributed by atoms with E-state index in [4.69, 9.17) is 21.1 Å². The summed E-state index contributed by atoms with van der Waals surface area (Å²) in [5, 5.41) is 0.567. The average molecular weight is 381 g/mol. The molecule has 0 heterocycles. The predicted octanol–water partition coefficient (Wildman–Crippen LogP) is 4.81. The molecule has 0 aliphatic carbocycles. The van der Waals surface area contributed by atoms with Crippen molar-refractivity contribution in [1.29, 1.82) is 0 Å². The molecule has 0 aromatic heterocycles. The number of hydrogen-bond donors (Lipinski definition) is 0. The van der Waals surface area contributed by atoms with Crippen LogP contribution in [-0.2, 0) is 4.74 Å². The second kappa shape index (κ2) is 9.01. The normalized spacial score (nSPS) is 10.3. The zero-order valence-electron chi connectivity index (χ0n) is 14.4. The largest absolute Gasteiger partial charge is 0.490 e. The number of esters is 1. The Labute approximate surface area is 162 Å². The van der Waals surface area contributed by atoms with Gasteiger partial charge in [-0.25, -0.2) is 4.79 Å². The van der Waals surface area contributed by atoms with Gasteiger partial charge in [0.15, 0.2) is 5.78 Å². The molecule has 0 aliphatic rings. The molecule has 3 aromatic carbocycles. The van der Waals surface area contributed by atoms with E-state index < -0.39 is 5.97 Å². The Morgan fingerprint density at radius 3 is 2.22 bits per heavy atom. The Bertz CT molecular complexity index is 938. The molecule has 0 bridgehead atoms. The summed E-state index contributed by atoms with van der Waals surface area (Å²) in [6.07, 6.45) is 0. The maximum absolute atomic E-state index is 12.7. The lowest BCUT2D eigenvalue weighted by molar-refractivity contribution is 0.0448. The molecule has 0 radical (unpaired) electrons. The third kappa shape index (κ3) is 4.96. The van der Waals surface area contributed by atoms with E-state index in [1.807, 2.05) is 6.07 Å². The van der Waals surface area contributed by atoms with E-state index >= 15 is 0 Å². The smallest absolute Gasteiger partial charge is 0.339 e. The fourth-order valence-corrected chi connectivity index (χ4v) is 2.71. The van der Waals surface area contributed by atoms with Gasteiger partial charge in [-0.2, -0.15) is 0 Å². The van der Waals surface area contributed by atoms with Crippen molar-refractivity contribution in [1.82, 2.24) is 0 Å². The van der Waals surface area contributed by atoms with E-state index in [2.05, 4.69) is 0 Å². The van der Waals surface area contributed by atoms with Crippen LogP contribution in [0.25, 0.3) is 0 Å². The van der Waals surface area contributed by atoms with Crippen molar-refractivity contribution < 1.29 is 19.1 Å². The molecule has 0 unspecified atom stereocenters. The minimum absolute atomic E-state index is 0.0548.